The third-order valence-electron chi connectivity index (χ3n) is 4.11. The summed E-state index contributed by atoms with van der Waals surface area (Å²) in [6.07, 6.45) is 3.72. The zero-order valence-corrected chi connectivity index (χ0v) is 11.7. The van der Waals surface area contributed by atoms with Crippen LogP contribution < -0.4 is 5.32 Å². The first kappa shape index (κ1) is 12.5. The number of benzene rings is 1. The maximum Gasteiger partial charge on any atom is 0.0509 e. The van der Waals surface area contributed by atoms with Gasteiger partial charge in [-0.25, -0.2) is 0 Å². The predicted molar refractivity (Wildman–Crippen MR) is 76.2 cm³/mol. The van der Waals surface area contributed by atoms with Gasteiger partial charge in [0.05, 0.1) is 6.61 Å². The van der Waals surface area contributed by atoms with Crippen molar-refractivity contribution >= 4 is 11.8 Å². The first-order valence-electron chi connectivity index (χ1n) is 6.88. The SMILES string of the molecule is CNC(C1CCCOC1)C1Cc2ccccc2S1. The molecule has 1 fully saturated rings. The van der Waals surface area contributed by atoms with Crippen molar-refractivity contribution in [2.75, 3.05) is 20.3 Å². The van der Waals surface area contributed by atoms with E-state index in [1.54, 1.807) is 0 Å². The molecule has 3 unspecified atom stereocenters. The Morgan fingerprint density at radius 1 is 1.39 bits per heavy atom. The number of hydrogen-bond donors (Lipinski definition) is 1. The second kappa shape index (κ2) is 5.64. The Labute approximate surface area is 113 Å². The summed E-state index contributed by atoms with van der Waals surface area (Å²) in [7, 11) is 2.10. The van der Waals surface area contributed by atoms with E-state index in [0.717, 1.165) is 13.2 Å². The third-order valence-corrected chi connectivity index (χ3v) is 5.52. The summed E-state index contributed by atoms with van der Waals surface area (Å²) in [6.45, 7) is 1.88. The number of nitrogens with one attached hydrogen (secondary N) is 1. The molecule has 2 aliphatic rings. The summed E-state index contributed by atoms with van der Waals surface area (Å²) >= 11 is 2.04. The van der Waals surface area contributed by atoms with E-state index in [2.05, 4.69) is 36.6 Å². The Bertz CT molecular complexity index is 378. The lowest BCUT2D eigenvalue weighted by Gasteiger charge is -2.33. The van der Waals surface area contributed by atoms with Crippen molar-refractivity contribution in [1.29, 1.82) is 0 Å². The van der Waals surface area contributed by atoms with Gasteiger partial charge in [-0.2, -0.15) is 0 Å². The number of hydrogen-bond acceptors (Lipinski definition) is 3. The van der Waals surface area contributed by atoms with Gasteiger partial charge in [-0.15, -0.1) is 11.8 Å². The van der Waals surface area contributed by atoms with Crippen molar-refractivity contribution in [2.24, 2.45) is 5.92 Å². The van der Waals surface area contributed by atoms with Crippen molar-refractivity contribution in [3.63, 3.8) is 0 Å². The molecule has 0 aromatic heterocycles. The van der Waals surface area contributed by atoms with Gasteiger partial charge in [0.1, 0.15) is 0 Å². The highest BCUT2D eigenvalue weighted by atomic mass is 32.2. The van der Waals surface area contributed by atoms with Crippen LogP contribution >= 0.6 is 11.8 Å². The minimum atomic E-state index is 0.572. The van der Waals surface area contributed by atoms with Gasteiger partial charge >= 0.3 is 0 Å². The number of fused-ring (bicyclic) bond motifs is 1. The molecule has 2 nitrogen and oxygen atoms in total. The molecule has 98 valence electrons. The molecule has 0 spiro atoms. The highest BCUT2D eigenvalue weighted by Gasteiger charge is 2.34. The fraction of sp³-hybridized carbons (Fsp3) is 0.600. The summed E-state index contributed by atoms with van der Waals surface area (Å²) in [4.78, 5) is 1.47. The molecule has 1 aromatic carbocycles. The quantitative estimate of drug-likeness (QED) is 0.906. The van der Waals surface area contributed by atoms with Crippen molar-refractivity contribution in [2.45, 2.75) is 35.4 Å². The minimum Gasteiger partial charge on any atom is -0.381 e. The Morgan fingerprint density at radius 3 is 3.00 bits per heavy atom. The molecule has 3 atom stereocenters. The molecule has 3 rings (SSSR count). The smallest absolute Gasteiger partial charge is 0.0509 e. The molecule has 1 aromatic rings. The Hall–Kier alpha value is -0.510. The molecule has 1 saturated heterocycles. The maximum atomic E-state index is 5.65. The molecule has 2 heterocycles. The van der Waals surface area contributed by atoms with E-state index in [0.29, 0.717) is 17.2 Å². The van der Waals surface area contributed by atoms with Crippen molar-refractivity contribution < 1.29 is 4.74 Å². The standard InChI is InChI=1S/C15H21NOS/c1-16-15(12-6-4-8-17-10-12)14-9-11-5-2-3-7-13(11)18-14/h2-3,5,7,12,14-16H,4,6,8-10H2,1H3. The zero-order valence-electron chi connectivity index (χ0n) is 10.9. The van der Waals surface area contributed by atoms with E-state index in [4.69, 9.17) is 4.74 Å². The fourth-order valence-electron chi connectivity index (χ4n) is 3.18. The molecule has 18 heavy (non-hydrogen) atoms. The lowest BCUT2D eigenvalue weighted by Crippen LogP contribution is -2.45. The molecule has 0 saturated carbocycles. The van der Waals surface area contributed by atoms with Crippen LogP contribution in [-0.2, 0) is 11.2 Å². The second-order valence-corrected chi connectivity index (χ2v) is 6.54. The van der Waals surface area contributed by atoms with E-state index in [1.165, 1.54) is 29.7 Å². The van der Waals surface area contributed by atoms with Crippen LogP contribution in [0.1, 0.15) is 18.4 Å². The molecule has 2 aliphatic heterocycles. The molecular formula is C15H21NOS. The fourth-order valence-corrected chi connectivity index (χ4v) is 4.74. The average molecular weight is 263 g/mol. The van der Waals surface area contributed by atoms with Crippen LogP contribution in [0.5, 0.6) is 0 Å². The van der Waals surface area contributed by atoms with Gasteiger partial charge in [-0.05, 0) is 43.9 Å². The number of rotatable bonds is 3. The molecule has 0 bridgehead atoms. The monoisotopic (exact) mass is 263 g/mol. The summed E-state index contributed by atoms with van der Waals surface area (Å²) in [5.74, 6) is 0.676. The van der Waals surface area contributed by atoms with Gasteiger partial charge < -0.3 is 10.1 Å². The van der Waals surface area contributed by atoms with Gasteiger partial charge in [-0.1, -0.05) is 18.2 Å². The maximum absolute atomic E-state index is 5.65. The number of ether oxygens (including phenoxy) is 1. The van der Waals surface area contributed by atoms with Crippen LogP contribution in [0.2, 0.25) is 0 Å². The average Bonchev–Trinajstić information content (AvgIpc) is 2.84. The van der Waals surface area contributed by atoms with E-state index in [1.807, 2.05) is 11.8 Å². The highest BCUT2D eigenvalue weighted by Crippen LogP contribution is 2.40. The second-order valence-electron chi connectivity index (χ2n) is 5.26. The van der Waals surface area contributed by atoms with E-state index in [-0.39, 0.29) is 0 Å². The topological polar surface area (TPSA) is 21.3 Å². The largest absolute Gasteiger partial charge is 0.381 e. The van der Waals surface area contributed by atoms with Gasteiger partial charge in [0.15, 0.2) is 0 Å². The number of thioether (sulfide) groups is 1. The van der Waals surface area contributed by atoms with Crippen LogP contribution in [0.25, 0.3) is 0 Å². The van der Waals surface area contributed by atoms with Crippen LogP contribution in [0.4, 0.5) is 0 Å². The lowest BCUT2D eigenvalue weighted by atomic mass is 9.89. The van der Waals surface area contributed by atoms with E-state index in [9.17, 15) is 0 Å². The van der Waals surface area contributed by atoms with Gasteiger partial charge in [-0.3, -0.25) is 0 Å². The van der Waals surface area contributed by atoms with Crippen LogP contribution in [0.15, 0.2) is 29.2 Å². The van der Waals surface area contributed by atoms with Crippen molar-refractivity contribution in [3.05, 3.63) is 29.8 Å². The zero-order chi connectivity index (χ0) is 12.4. The summed E-state index contributed by atoms with van der Waals surface area (Å²) in [5, 5.41) is 4.21. The third kappa shape index (κ3) is 2.44. The van der Waals surface area contributed by atoms with E-state index >= 15 is 0 Å². The van der Waals surface area contributed by atoms with Gasteiger partial charge in [0.2, 0.25) is 0 Å². The van der Waals surface area contributed by atoms with Crippen molar-refractivity contribution in [1.82, 2.24) is 5.32 Å². The Morgan fingerprint density at radius 2 is 2.28 bits per heavy atom. The van der Waals surface area contributed by atoms with Crippen molar-refractivity contribution in [3.8, 4) is 0 Å². The molecule has 0 radical (unpaired) electrons. The molecule has 0 aliphatic carbocycles. The van der Waals surface area contributed by atoms with Gasteiger partial charge in [0, 0.05) is 22.8 Å². The molecule has 1 N–H and O–H groups in total. The Balaban J connectivity index is 1.71. The minimum absolute atomic E-state index is 0.572. The predicted octanol–water partition coefficient (Wildman–Crippen LogP) is 2.72. The van der Waals surface area contributed by atoms with Gasteiger partial charge in [0.25, 0.3) is 0 Å². The molecule has 0 amide bonds. The normalized spacial score (nSPS) is 28.9. The van der Waals surface area contributed by atoms with Crippen LogP contribution in [-0.4, -0.2) is 31.6 Å². The summed E-state index contributed by atoms with van der Waals surface area (Å²) < 4.78 is 5.65. The molecule has 3 heteroatoms. The van der Waals surface area contributed by atoms with Crippen LogP contribution in [0.3, 0.4) is 0 Å². The van der Waals surface area contributed by atoms with Crippen LogP contribution in [0, 0.1) is 5.92 Å². The Kier molecular flexibility index (Phi) is 3.92. The summed E-state index contributed by atoms with van der Waals surface area (Å²) in [6, 6.07) is 9.39. The summed E-state index contributed by atoms with van der Waals surface area (Å²) in [5.41, 5.74) is 1.52. The first-order valence-corrected chi connectivity index (χ1v) is 7.76. The highest BCUT2D eigenvalue weighted by molar-refractivity contribution is 8.00. The molecular weight excluding hydrogens is 242 g/mol. The van der Waals surface area contributed by atoms with E-state index < -0.39 is 0 Å². The lowest BCUT2D eigenvalue weighted by molar-refractivity contribution is 0.0402. The first-order chi connectivity index (χ1) is 8.88.